The Bertz CT molecular complexity index is 349. The topological polar surface area (TPSA) is 21.3 Å². The van der Waals surface area contributed by atoms with E-state index >= 15 is 0 Å². The average Bonchev–Trinajstić information content (AvgIpc) is 2.98. The lowest BCUT2D eigenvalue weighted by molar-refractivity contribution is -0.0712. The number of hydrogen-bond acceptors (Lipinski definition) is 3. The Morgan fingerprint density at radius 3 is 2.82 bits per heavy atom. The summed E-state index contributed by atoms with van der Waals surface area (Å²) >= 11 is 1.88. The third-order valence-corrected chi connectivity index (χ3v) is 5.24. The molecule has 2 aliphatic rings. The summed E-state index contributed by atoms with van der Waals surface area (Å²) in [5, 5.41) is 5.95. The largest absolute Gasteiger partial charge is 0.377 e. The second-order valence-corrected chi connectivity index (χ2v) is 6.43. The Morgan fingerprint density at radius 1 is 1.53 bits per heavy atom. The van der Waals surface area contributed by atoms with Crippen LogP contribution in [-0.2, 0) is 4.74 Å². The fraction of sp³-hybridized carbons (Fsp3) is 0.714. The van der Waals surface area contributed by atoms with Gasteiger partial charge in [0.15, 0.2) is 0 Å². The molecule has 1 heterocycles. The predicted octanol–water partition coefficient (Wildman–Crippen LogP) is 3.36. The maximum atomic E-state index is 5.68. The molecule has 0 aromatic carbocycles. The minimum atomic E-state index is 0.143. The van der Waals surface area contributed by atoms with Crippen LogP contribution in [0.5, 0.6) is 0 Å². The van der Waals surface area contributed by atoms with E-state index < -0.39 is 0 Å². The van der Waals surface area contributed by atoms with Crippen LogP contribution in [0.3, 0.4) is 0 Å². The van der Waals surface area contributed by atoms with Gasteiger partial charge in [0.2, 0.25) is 0 Å². The average molecular weight is 251 g/mol. The molecule has 2 saturated carbocycles. The molecule has 1 aromatic rings. The number of ether oxygens (including phenoxy) is 1. The fourth-order valence-electron chi connectivity index (χ4n) is 2.72. The smallest absolute Gasteiger partial charge is 0.0802 e. The summed E-state index contributed by atoms with van der Waals surface area (Å²) in [6.45, 7) is 1.02. The highest BCUT2D eigenvalue weighted by Crippen LogP contribution is 2.43. The molecule has 0 saturated heterocycles. The number of hydrogen-bond donors (Lipinski definition) is 1. The molecular weight excluding hydrogens is 230 g/mol. The highest BCUT2D eigenvalue weighted by molar-refractivity contribution is 7.10. The fourth-order valence-corrected chi connectivity index (χ4v) is 3.61. The molecule has 0 aliphatic heterocycles. The molecule has 0 spiro atoms. The Morgan fingerprint density at radius 2 is 2.35 bits per heavy atom. The van der Waals surface area contributed by atoms with Crippen LogP contribution in [-0.4, -0.2) is 19.3 Å². The highest BCUT2D eigenvalue weighted by atomic mass is 32.1. The van der Waals surface area contributed by atoms with Crippen LogP contribution in [0.1, 0.15) is 43.0 Å². The van der Waals surface area contributed by atoms with Gasteiger partial charge in [-0.05, 0) is 49.5 Å². The number of nitrogens with one attached hydrogen (secondary N) is 1. The molecule has 0 bridgehead atoms. The summed E-state index contributed by atoms with van der Waals surface area (Å²) in [5.74, 6) is 0.864. The molecule has 2 aliphatic carbocycles. The highest BCUT2D eigenvalue weighted by Gasteiger charge is 2.39. The second-order valence-electron chi connectivity index (χ2n) is 5.45. The lowest BCUT2D eigenvalue weighted by Gasteiger charge is -2.41. The van der Waals surface area contributed by atoms with Gasteiger partial charge in [-0.2, -0.15) is 0 Å². The molecule has 17 heavy (non-hydrogen) atoms. The summed E-state index contributed by atoms with van der Waals surface area (Å²) in [6, 6.07) is 5.00. The van der Waals surface area contributed by atoms with Gasteiger partial charge in [-0.15, -0.1) is 11.3 Å². The van der Waals surface area contributed by atoms with Gasteiger partial charge in [0, 0.05) is 24.6 Å². The molecule has 1 N–H and O–H groups in total. The summed E-state index contributed by atoms with van der Waals surface area (Å²) in [6.07, 6.45) is 6.53. The first-order chi connectivity index (χ1) is 8.33. The van der Waals surface area contributed by atoms with E-state index in [0.29, 0.717) is 6.04 Å². The molecule has 94 valence electrons. The van der Waals surface area contributed by atoms with Crippen molar-refractivity contribution in [1.82, 2.24) is 5.32 Å². The summed E-state index contributed by atoms with van der Waals surface area (Å²) < 4.78 is 5.68. The van der Waals surface area contributed by atoms with Gasteiger partial charge in [0.05, 0.1) is 5.60 Å². The Balaban J connectivity index is 1.61. The zero-order valence-corrected chi connectivity index (χ0v) is 11.3. The minimum absolute atomic E-state index is 0.143. The normalized spacial score (nSPS) is 24.3. The van der Waals surface area contributed by atoms with Crippen LogP contribution >= 0.6 is 11.3 Å². The Kier molecular flexibility index (Phi) is 3.24. The first kappa shape index (κ1) is 11.7. The molecule has 2 nitrogen and oxygen atoms in total. The van der Waals surface area contributed by atoms with Crippen molar-refractivity contribution >= 4 is 11.3 Å². The zero-order valence-electron chi connectivity index (χ0n) is 10.4. The minimum Gasteiger partial charge on any atom is -0.377 e. The van der Waals surface area contributed by atoms with E-state index in [0.717, 1.165) is 12.5 Å². The monoisotopic (exact) mass is 251 g/mol. The molecule has 1 unspecified atom stereocenters. The first-order valence-electron chi connectivity index (χ1n) is 6.65. The van der Waals surface area contributed by atoms with Crippen molar-refractivity contribution in [3.8, 4) is 0 Å². The van der Waals surface area contributed by atoms with Crippen molar-refractivity contribution in [2.24, 2.45) is 5.92 Å². The predicted molar refractivity (Wildman–Crippen MR) is 71.4 cm³/mol. The maximum absolute atomic E-state index is 5.68. The lowest BCUT2D eigenvalue weighted by atomic mass is 9.79. The Labute approximate surface area is 107 Å². The van der Waals surface area contributed by atoms with E-state index in [9.17, 15) is 0 Å². The van der Waals surface area contributed by atoms with Crippen LogP contribution in [0.4, 0.5) is 0 Å². The van der Waals surface area contributed by atoms with Crippen LogP contribution < -0.4 is 5.32 Å². The summed E-state index contributed by atoms with van der Waals surface area (Å²) in [5.41, 5.74) is 0.143. The molecule has 2 fully saturated rings. The van der Waals surface area contributed by atoms with E-state index in [1.54, 1.807) is 0 Å². The van der Waals surface area contributed by atoms with Crippen molar-refractivity contribution in [3.05, 3.63) is 22.4 Å². The first-order valence-corrected chi connectivity index (χ1v) is 7.53. The van der Waals surface area contributed by atoms with E-state index in [1.165, 1.54) is 37.0 Å². The van der Waals surface area contributed by atoms with Gasteiger partial charge in [0.1, 0.15) is 0 Å². The second kappa shape index (κ2) is 4.71. The van der Waals surface area contributed by atoms with Gasteiger partial charge >= 0.3 is 0 Å². The van der Waals surface area contributed by atoms with Crippen molar-refractivity contribution in [2.75, 3.05) is 13.7 Å². The number of rotatable bonds is 6. The standard InChI is InChI=1S/C14H21NOS/c1-16-14(7-3-8-14)10-15-13(11-5-6-11)12-4-2-9-17-12/h2,4,9,11,13,15H,3,5-8,10H2,1H3. The van der Waals surface area contributed by atoms with Crippen LogP contribution in [0, 0.1) is 5.92 Å². The van der Waals surface area contributed by atoms with Crippen LogP contribution in [0.15, 0.2) is 17.5 Å². The van der Waals surface area contributed by atoms with Crippen LogP contribution in [0.2, 0.25) is 0 Å². The zero-order chi connectivity index (χ0) is 11.7. The number of thiophene rings is 1. The molecule has 0 amide bonds. The van der Waals surface area contributed by atoms with Gasteiger partial charge in [0.25, 0.3) is 0 Å². The van der Waals surface area contributed by atoms with Crippen molar-refractivity contribution < 1.29 is 4.74 Å². The maximum Gasteiger partial charge on any atom is 0.0802 e. The molecule has 0 radical (unpaired) electrons. The van der Waals surface area contributed by atoms with E-state index in [1.807, 2.05) is 18.4 Å². The molecule has 3 rings (SSSR count). The summed E-state index contributed by atoms with van der Waals surface area (Å²) in [7, 11) is 1.86. The van der Waals surface area contributed by atoms with Crippen LogP contribution in [0.25, 0.3) is 0 Å². The molecule has 3 heteroatoms. The summed E-state index contributed by atoms with van der Waals surface area (Å²) in [4.78, 5) is 1.50. The third-order valence-electron chi connectivity index (χ3n) is 4.29. The molecule has 1 aromatic heterocycles. The van der Waals surface area contributed by atoms with Gasteiger partial charge in [-0.25, -0.2) is 0 Å². The van der Waals surface area contributed by atoms with Gasteiger partial charge < -0.3 is 10.1 Å². The number of methoxy groups -OCH3 is 1. The van der Waals surface area contributed by atoms with E-state index in [-0.39, 0.29) is 5.60 Å². The lowest BCUT2D eigenvalue weighted by Crippen LogP contribution is -2.48. The third kappa shape index (κ3) is 2.42. The SMILES string of the molecule is COC1(CNC(c2cccs2)C2CC2)CCC1. The van der Waals surface area contributed by atoms with Crippen molar-refractivity contribution in [2.45, 2.75) is 43.7 Å². The quantitative estimate of drug-likeness (QED) is 0.837. The van der Waals surface area contributed by atoms with Crippen molar-refractivity contribution in [1.29, 1.82) is 0 Å². The van der Waals surface area contributed by atoms with E-state index in [2.05, 4.69) is 22.8 Å². The molecule has 1 atom stereocenters. The van der Waals surface area contributed by atoms with Crippen molar-refractivity contribution in [3.63, 3.8) is 0 Å². The van der Waals surface area contributed by atoms with E-state index in [4.69, 9.17) is 4.74 Å². The van der Waals surface area contributed by atoms with Gasteiger partial charge in [-0.3, -0.25) is 0 Å². The van der Waals surface area contributed by atoms with Gasteiger partial charge in [-0.1, -0.05) is 6.07 Å². The Hall–Kier alpha value is -0.380. The molecular formula is C14H21NOS.